The highest BCUT2D eigenvalue weighted by Crippen LogP contribution is 2.30. The number of esters is 1. The van der Waals surface area contributed by atoms with Gasteiger partial charge in [-0.05, 0) is 29.8 Å². The normalized spacial score (nSPS) is 14.6. The lowest BCUT2D eigenvalue weighted by Crippen LogP contribution is -2.42. The first kappa shape index (κ1) is 20.3. The average molecular weight is 401 g/mol. The molecule has 29 heavy (non-hydrogen) atoms. The molecule has 0 unspecified atom stereocenters. The molecule has 1 aliphatic rings. The number of methoxy groups -OCH3 is 2. The summed E-state index contributed by atoms with van der Waals surface area (Å²) in [5.74, 6) is 1.48. The van der Waals surface area contributed by atoms with E-state index in [0.717, 1.165) is 0 Å². The lowest BCUT2D eigenvalue weighted by molar-refractivity contribution is -0.148. The first-order valence-electron chi connectivity index (χ1n) is 9.10. The van der Waals surface area contributed by atoms with E-state index in [1.54, 1.807) is 24.3 Å². The Hall–Kier alpha value is -3.42. The summed E-state index contributed by atoms with van der Waals surface area (Å²) >= 11 is 0. The molecule has 0 radical (unpaired) electrons. The molecule has 0 aliphatic carbocycles. The van der Waals surface area contributed by atoms with Crippen molar-refractivity contribution < 1.29 is 33.3 Å². The number of benzene rings is 2. The van der Waals surface area contributed by atoms with Gasteiger partial charge in [-0.25, -0.2) is 0 Å². The van der Waals surface area contributed by atoms with Crippen LogP contribution < -0.4 is 24.3 Å². The molecule has 0 spiro atoms. The predicted molar refractivity (Wildman–Crippen MR) is 104 cm³/mol. The second-order valence-corrected chi connectivity index (χ2v) is 6.33. The summed E-state index contributed by atoms with van der Waals surface area (Å²) in [7, 11) is 3.05. The Bertz CT molecular complexity index is 868. The van der Waals surface area contributed by atoms with Crippen molar-refractivity contribution in [1.29, 1.82) is 0 Å². The smallest absolute Gasteiger partial charge is 0.310 e. The van der Waals surface area contributed by atoms with Gasteiger partial charge < -0.3 is 29.0 Å². The Kier molecular flexibility index (Phi) is 6.78. The Morgan fingerprint density at radius 3 is 2.59 bits per heavy atom. The van der Waals surface area contributed by atoms with Crippen molar-refractivity contribution in [2.45, 2.75) is 12.5 Å². The fourth-order valence-electron chi connectivity index (χ4n) is 2.80. The van der Waals surface area contributed by atoms with E-state index in [9.17, 15) is 9.59 Å². The van der Waals surface area contributed by atoms with Gasteiger partial charge in [0.15, 0.2) is 29.6 Å². The maximum absolute atomic E-state index is 12.0. The van der Waals surface area contributed by atoms with Gasteiger partial charge in [0.1, 0.15) is 12.7 Å². The third kappa shape index (κ3) is 5.54. The van der Waals surface area contributed by atoms with Crippen LogP contribution in [0.2, 0.25) is 0 Å². The molecule has 1 aliphatic heterocycles. The Balaban J connectivity index is 1.40. The molecule has 0 aromatic heterocycles. The van der Waals surface area contributed by atoms with E-state index in [4.69, 9.17) is 23.7 Å². The minimum Gasteiger partial charge on any atom is -0.493 e. The number of hydrogen-bond acceptors (Lipinski definition) is 7. The molecule has 0 bridgehead atoms. The summed E-state index contributed by atoms with van der Waals surface area (Å²) in [5.41, 5.74) is 0.694. The molecule has 2 aromatic carbocycles. The number of rotatable bonds is 8. The Labute approximate surface area is 168 Å². The molecule has 8 heteroatoms. The molecular weight excluding hydrogens is 378 g/mol. The van der Waals surface area contributed by atoms with E-state index in [1.807, 2.05) is 18.2 Å². The van der Waals surface area contributed by atoms with Crippen LogP contribution in [0.1, 0.15) is 5.56 Å². The number of hydrogen-bond donors (Lipinski definition) is 1. The lowest BCUT2D eigenvalue weighted by Gasteiger charge is -2.26. The minimum atomic E-state index is -0.515. The van der Waals surface area contributed by atoms with Gasteiger partial charge >= 0.3 is 5.97 Å². The van der Waals surface area contributed by atoms with Crippen LogP contribution in [0.3, 0.4) is 0 Å². The second-order valence-electron chi connectivity index (χ2n) is 6.33. The van der Waals surface area contributed by atoms with E-state index in [2.05, 4.69) is 5.32 Å². The van der Waals surface area contributed by atoms with Gasteiger partial charge in [-0.3, -0.25) is 9.59 Å². The summed E-state index contributed by atoms with van der Waals surface area (Å²) in [4.78, 5) is 23.9. The summed E-state index contributed by atoms with van der Waals surface area (Å²) in [6.45, 7) is 0.215. The molecule has 1 N–H and O–H groups in total. The standard InChI is InChI=1S/C21H23NO7/c1-25-16-8-7-14(9-19(16)26-2)10-21(24)28-13-20(23)22-11-15-12-27-17-5-3-4-6-18(17)29-15/h3-9,15H,10-13H2,1-2H3,(H,22,23)/t15-/m1/s1. The Morgan fingerprint density at radius 1 is 1.07 bits per heavy atom. The van der Waals surface area contributed by atoms with Crippen LogP contribution in [-0.2, 0) is 20.7 Å². The van der Waals surface area contributed by atoms with Crippen molar-refractivity contribution in [2.75, 3.05) is 34.0 Å². The predicted octanol–water partition coefficient (Wildman–Crippen LogP) is 1.75. The molecule has 1 amide bonds. The summed E-state index contributed by atoms with van der Waals surface area (Å²) in [6, 6.07) is 12.5. The van der Waals surface area contributed by atoms with Crippen molar-refractivity contribution in [3.8, 4) is 23.0 Å². The maximum atomic E-state index is 12.0. The highest BCUT2D eigenvalue weighted by atomic mass is 16.6. The molecule has 1 atom stereocenters. The number of nitrogens with one attached hydrogen (secondary N) is 1. The monoisotopic (exact) mass is 401 g/mol. The van der Waals surface area contributed by atoms with Gasteiger partial charge in [0.2, 0.25) is 0 Å². The van der Waals surface area contributed by atoms with Crippen LogP contribution in [0.15, 0.2) is 42.5 Å². The topological polar surface area (TPSA) is 92.3 Å². The number of fused-ring (bicyclic) bond motifs is 1. The number of carbonyl (C=O) groups excluding carboxylic acids is 2. The molecule has 0 saturated carbocycles. The zero-order valence-electron chi connectivity index (χ0n) is 16.3. The van der Waals surface area contributed by atoms with Crippen molar-refractivity contribution in [3.05, 3.63) is 48.0 Å². The van der Waals surface area contributed by atoms with Crippen LogP contribution in [-0.4, -0.2) is 52.0 Å². The van der Waals surface area contributed by atoms with Gasteiger partial charge in [-0.2, -0.15) is 0 Å². The third-order valence-electron chi connectivity index (χ3n) is 4.26. The Morgan fingerprint density at radius 2 is 1.83 bits per heavy atom. The van der Waals surface area contributed by atoms with Gasteiger partial charge in [0.25, 0.3) is 5.91 Å². The van der Waals surface area contributed by atoms with Gasteiger partial charge in [-0.1, -0.05) is 18.2 Å². The van der Waals surface area contributed by atoms with E-state index < -0.39 is 11.9 Å². The highest BCUT2D eigenvalue weighted by Gasteiger charge is 2.21. The number of carbonyl (C=O) groups is 2. The highest BCUT2D eigenvalue weighted by molar-refractivity contribution is 5.81. The SMILES string of the molecule is COc1ccc(CC(=O)OCC(=O)NC[C@@H]2COc3ccccc3O2)cc1OC. The lowest BCUT2D eigenvalue weighted by atomic mass is 10.1. The molecule has 0 saturated heterocycles. The molecule has 0 fully saturated rings. The van der Waals surface area contributed by atoms with Crippen molar-refractivity contribution in [3.63, 3.8) is 0 Å². The number of amides is 1. The quantitative estimate of drug-likeness (QED) is 0.674. The van der Waals surface area contributed by atoms with Crippen LogP contribution in [0.5, 0.6) is 23.0 Å². The molecule has 3 rings (SSSR count). The first-order valence-corrected chi connectivity index (χ1v) is 9.10. The van der Waals surface area contributed by atoms with E-state index in [1.165, 1.54) is 14.2 Å². The third-order valence-corrected chi connectivity index (χ3v) is 4.26. The van der Waals surface area contributed by atoms with Crippen LogP contribution in [0.4, 0.5) is 0 Å². The summed E-state index contributed by atoms with van der Waals surface area (Å²) in [5, 5.41) is 2.68. The van der Waals surface area contributed by atoms with E-state index in [-0.39, 0.29) is 25.7 Å². The fraction of sp³-hybridized carbons (Fsp3) is 0.333. The van der Waals surface area contributed by atoms with Crippen molar-refractivity contribution in [1.82, 2.24) is 5.32 Å². The van der Waals surface area contributed by atoms with Crippen LogP contribution in [0.25, 0.3) is 0 Å². The van der Waals surface area contributed by atoms with Crippen molar-refractivity contribution in [2.24, 2.45) is 0 Å². The number of ether oxygens (including phenoxy) is 5. The van der Waals surface area contributed by atoms with E-state index >= 15 is 0 Å². The minimum absolute atomic E-state index is 0.0179. The fourth-order valence-corrected chi connectivity index (χ4v) is 2.80. The molecule has 2 aromatic rings. The second kappa shape index (κ2) is 9.68. The molecule has 1 heterocycles. The van der Waals surface area contributed by atoms with Gasteiger partial charge in [0.05, 0.1) is 27.2 Å². The summed E-state index contributed by atoms with van der Waals surface area (Å²) < 4.78 is 26.7. The zero-order chi connectivity index (χ0) is 20.6. The average Bonchev–Trinajstić information content (AvgIpc) is 2.76. The first-order chi connectivity index (χ1) is 14.1. The summed E-state index contributed by atoms with van der Waals surface area (Å²) in [6.07, 6.45) is -0.291. The van der Waals surface area contributed by atoms with Crippen LogP contribution in [0, 0.1) is 0 Å². The molecule has 8 nitrogen and oxygen atoms in total. The van der Waals surface area contributed by atoms with Crippen LogP contribution >= 0.6 is 0 Å². The number of para-hydroxylation sites is 2. The van der Waals surface area contributed by atoms with Crippen molar-refractivity contribution >= 4 is 11.9 Å². The van der Waals surface area contributed by atoms with E-state index in [0.29, 0.717) is 35.2 Å². The molecule has 154 valence electrons. The maximum Gasteiger partial charge on any atom is 0.310 e. The van der Waals surface area contributed by atoms with Gasteiger partial charge in [0, 0.05) is 0 Å². The van der Waals surface area contributed by atoms with Gasteiger partial charge in [-0.15, -0.1) is 0 Å². The largest absolute Gasteiger partial charge is 0.493 e. The molecular formula is C21H23NO7. The zero-order valence-corrected chi connectivity index (χ0v) is 16.3.